The van der Waals surface area contributed by atoms with Gasteiger partial charge >= 0.3 is 10.1 Å². The van der Waals surface area contributed by atoms with Crippen molar-refractivity contribution in [3.05, 3.63) is 78.2 Å². The topological polar surface area (TPSA) is 160 Å². The van der Waals surface area contributed by atoms with Gasteiger partial charge in [0.25, 0.3) is 5.97 Å². The highest BCUT2D eigenvalue weighted by Crippen LogP contribution is 2.42. The molecule has 1 atom stereocenters. The molecule has 3 N–H and O–H groups in total. The summed E-state index contributed by atoms with van der Waals surface area (Å²) in [5.41, 5.74) is 8.69. The van der Waals surface area contributed by atoms with Crippen molar-refractivity contribution in [3.63, 3.8) is 0 Å². The Hall–Kier alpha value is -4.32. The van der Waals surface area contributed by atoms with Crippen molar-refractivity contribution in [2.45, 2.75) is 18.9 Å². The van der Waals surface area contributed by atoms with Crippen LogP contribution in [0, 0.1) is 0 Å². The summed E-state index contributed by atoms with van der Waals surface area (Å²) in [6.45, 7) is 2.49. The zero-order valence-electron chi connectivity index (χ0n) is 20.3. The van der Waals surface area contributed by atoms with Crippen LogP contribution in [0.5, 0.6) is 5.75 Å². The van der Waals surface area contributed by atoms with E-state index < -0.39 is 21.6 Å². The Kier molecular flexibility index (Phi) is 7.21. The van der Waals surface area contributed by atoms with Crippen molar-refractivity contribution in [1.82, 2.24) is 14.9 Å². The molecule has 0 saturated carbocycles. The Morgan fingerprint density at radius 2 is 1.86 bits per heavy atom. The minimum Gasteiger partial charge on any atom is -0.481 e. The normalized spacial score (nSPS) is 18.6. The predicted octanol–water partition coefficient (Wildman–Crippen LogP) is 2.25. The third-order valence-electron chi connectivity index (χ3n) is 5.60. The summed E-state index contributed by atoms with van der Waals surface area (Å²) in [5.74, 6) is 0.538. The number of aliphatic imine (C=N–C) groups is 2. The lowest BCUT2D eigenvalue weighted by atomic mass is 9.81. The molecule has 3 heterocycles. The number of aliphatic carboxylic acids is 1. The van der Waals surface area contributed by atoms with Gasteiger partial charge in [-0.15, -0.1) is 0 Å². The molecule has 1 unspecified atom stereocenters. The minimum absolute atomic E-state index is 0.224. The average molecular weight is 523 g/mol. The Morgan fingerprint density at radius 3 is 2.51 bits per heavy atom. The summed E-state index contributed by atoms with van der Waals surface area (Å²) in [7, 11) is -3.63. The van der Waals surface area contributed by atoms with Crippen molar-refractivity contribution < 1.29 is 22.5 Å². The van der Waals surface area contributed by atoms with E-state index in [0.717, 1.165) is 54.4 Å². The summed E-state index contributed by atoms with van der Waals surface area (Å²) in [4.78, 5) is 29.3. The number of carboxylic acids is 1. The van der Waals surface area contributed by atoms with E-state index in [1.54, 1.807) is 42.9 Å². The summed E-state index contributed by atoms with van der Waals surface area (Å²) >= 11 is 0. The van der Waals surface area contributed by atoms with Gasteiger partial charge < -0.3 is 15.0 Å². The first kappa shape index (κ1) is 25.8. The Labute approximate surface area is 214 Å². The molecule has 0 saturated heterocycles. The molecule has 0 aliphatic carbocycles. The summed E-state index contributed by atoms with van der Waals surface area (Å²) in [6.07, 6.45) is 6.88. The predicted molar refractivity (Wildman–Crippen MR) is 139 cm³/mol. The Morgan fingerprint density at radius 1 is 1.14 bits per heavy atom. The first-order chi connectivity index (χ1) is 17.6. The van der Waals surface area contributed by atoms with Crippen LogP contribution in [-0.2, 0) is 20.5 Å². The van der Waals surface area contributed by atoms with Crippen LogP contribution < -0.4 is 9.92 Å². The molecule has 12 heteroatoms. The van der Waals surface area contributed by atoms with Crippen LogP contribution in [0.4, 0.5) is 0 Å². The van der Waals surface area contributed by atoms with Gasteiger partial charge in [-0.3, -0.25) is 24.7 Å². The van der Waals surface area contributed by atoms with Gasteiger partial charge in [0, 0.05) is 38.0 Å². The molecule has 0 amide bonds. The van der Waals surface area contributed by atoms with E-state index in [0.29, 0.717) is 12.5 Å². The first-order valence-electron chi connectivity index (χ1n) is 11.3. The molecule has 2 aromatic carbocycles. The van der Waals surface area contributed by atoms with E-state index in [9.17, 15) is 8.42 Å². The molecule has 11 nitrogen and oxygen atoms in total. The number of nitrogens with zero attached hydrogens (tertiary/aromatic N) is 5. The minimum atomic E-state index is -3.63. The first-order valence-corrected chi connectivity index (χ1v) is 13.2. The number of rotatable bonds is 5. The number of hydrogen-bond acceptors (Lipinski definition) is 10. The van der Waals surface area contributed by atoms with E-state index in [1.165, 1.54) is 0 Å². The fourth-order valence-electron chi connectivity index (χ4n) is 4.25. The van der Waals surface area contributed by atoms with Gasteiger partial charge in [-0.05, 0) is 35.7 Å². The number of nitrogens with two attached hydrogens (primary N) is 1. The number of carbonyl (C=O) groups is 1. The molecular formula is C25H26N6O5S. The number of guanidine groups is 1. The van der Waals surface area contributed by atoms with Crippen LogP contribution in [0.2, 0.25) is 0 Å². The van der Waals surface area contributed by atoms with Crippen molar-refractivity contribution >= 4 is 27.9 Å². The lowest BCUT2D eigenvalue weighted by Crippen LogP contribution is -2.46. The van der Waals surface area contributed by atoms with Crippen molar-refractivity contribution in [3.8, 4) is 17.0 Å². The maximum atomic E-state index is 11.5. The Bertz CT molecular complexity index is 1450. The van der Waals surface area contributed by atoms with Crippen molar-refractivity contribution in [1.29, 1.82) is 0 Å². The number of aromatic nitrogens is 2. The number of carboxylic acid groups (broad SMARTS) is 1. The van der Waals surface area contributed by atoms with Crippen LogP contribution in [0.15, 0.2) is 77.1 Å². The molecule has 37 heavy (non-hydrogen) atoms. The van der Waals surface area contributed by atoms with E-state index in [-0.39, 0.29) is 5.75 Å². The van der Waals surface area contributed by atoms with Crippen LogP contribution >= 0.6 is 0 Å². The molecule has 2 aliphatic rings. The molecule has 2 aliphatic heterocycles. The Balaban J connectivity index is 0.000000747. The van der Waals surface area contributed by atoms with Gasteiger partial charge in [-0.2, -0.15) is 8.42 Å². The summed E-state index contributed by atoms with van der Waals surface area (Å²) < 4.78 is 28.1. The maximum absolute atomic E-state index is 11.5. The highest BCUT2D eigenvalue weighted by molar-refractivity contribution is 7.86. The van der Waals surface area contributed by atoms with Gasteiger partial charge in [0.15, 0.2) is 11.5 Å². The summed E-state index contributed by atoms with van der Waals surface area (Å²) in [6, 6.07) is 14.7. The number of hydrogen-bond donors (Lipinski definition) is 2. The second-order valence-electron chi connectivity index (χ2n) is 8.39. The highest BCUT2D eigenvalue weighted by atomic mass is 32.2. The highest BCUT2D eigenvalue weighted by Gasteiger charge is 2.49. The lowest BCUT2D eigenvalue weighted by molar-refractivity contribution is -0.134. The molecule has 3 aromatic rings. The SMILES string of the molecule is CC(=O)O.CS(=O)(=O)Oc1ccc(C2(c3cccc(-c4cnccn4)c3)N=C(N)N3CCCN=C32)cc1. The second kappa shape index (κ2) is 10.3. The quantitative estimate of drug-likeness (QED) is 0.479. The number of benzene rings is 2. The van der Waals surface area contributed by atoms with Crippen LogP contribution in [0.1, 0.15) is 24.5 Å². The second-order valence-corrected chi connectivity index (χ2v) is 9.97. The van der Waals surface area contributed by atoms with Gasteiger partial charge in [0.1, 0.15) is 11.6 Å². The molecule has 0 fully saturated rings. The van der Waals surface area contributed by atoms with Gasteiger partial charge in [-0.1, -0.05) is 30.3 Å². The monoisotopic (exact) mass is 522 g/mol. The van der Waals surface area contributed by atoms with E-state index in [4.69, 9.17) is 29.8 Å². The van der Waals surface area contributed by atoms with Gasteiger partial charge in [0.05, 0.1) is 18.1 Å². The van der Waals surface area contributed by atoms with Crippen LogP contribution in [0.3, 0.4) is 0 Å². The van der Waals surface area contributed by atoms with Gasteiger partial charge in [0.2, 0.25) is 0 Å². The average Bonchev–Trinajstić information content (AvgIpc) is 3.17. The number of fused-ring (bicyclic) bond motifs is 1. The molecule has 0 bridgehead atoms. The third kappa shape index (κ3) is 5.59. The van der Waals surface area contributed by atoms with E-state index >= 15 is 0 Å². The molecule has 5 rings (SSSR count). The molecule has 0 radical (unpaired) electrons. The zero-order chi connectivity index (χ0) is 26.6. The van der Waals surface area contributed by atoms with Crippen molar-refractivity contribution in [2.75, 3.05) is 19.3 Å². The third-order valence-corrected chi connectivity index (χ3v) is 6.09. The molecular weight excluding hydrogens is 496 g/mol. The van der Waals surface area contributed by atoms with Gasteiger partial charge in [-0.25, -0.2) is 4.99 Å². The lowest BCUT2D eigenvalue weighted by Gasteiger charge is -2.33. The fourth-order valence-corrected chi connectivity index (χ4v) is 4.71. The summed E-state index contributed by atoms with van der Waals surface area (Å²) in [5, 5.41) is 7.42. The van der Waals surface area contributed by atoms with Crippen LogP contribution in [-0.4, -0.2) is 65.5 Å². The van der Waals surface area contributed by atoms with Crippen LogP contribution in [0.25, 0.3) is 11.3 Å². The molecule has 1 aromatic heterocycles. The van der Waals surface area contributed by atoms with E-state index in [1.807, 2.05) is 29.2 Å². The van der Waals surface area contributed by atoms with Crippen molar-refractivity contribution in [2.24, 2.45) is 15.7 Å². The smallest absolute Gasteiger partial charge is 0.306 e. The molecule has 192 valence electrons. The van der Waals surface area contributed by atoms with E-state index in [2.05, 4.69) is 9.97 Å². The molecule has 0 spiro atoms. The largest absolute Gasteiger partial charge is 0.481 e. The zero-order valence-corrected chi connectivity index (χ0v) is 21.1. The maximum Gasteiger partial charge on any atom is 0.306 e. The standard InChI is InChI=1S/C23H22N6O3S.C2H4O2/c1-33(30,31)32-19-8-6-17(7-9-19)23(21-27-10-3-13-29(21)22(24)28-23)18-5-2-4-16(14-18)20-15-25-11-12-26-20;1-2(3)4/h2,4-9,11-12,14-15H,3,10,13H2,1H3,(H2,24,28);1H3,(H,3,4). The number of amidine groups is 1. The fraction of sp³-hybridized carbons (Fsp3) is 0.240.